The molecular weight excluding hydrogens is 358 g/mol. The van der Waals surface area contributed by atoms with Crippen molar-refractivity contribution in [2.75, 3.05) is 19.8 Å². The number of carbonyl (C=O) groups excluding carboxylic acids is 1. The fourth-order valence-corrected chi connectivity index (χ4v) is 3.94. The maximum atomic E-state index is 12.7. The average molecular weight is 382 g/mol. The third kappa shape index (κ3) is 4.39. The number of hydrogen-bond donors (Lipinski definition) is 2. The first-order valence-corrected chi connectivity index (χ1v) is 9.04. The molecule has 1 saturated heterocycles. The third-order valence-corrected chi connectivity index (χ3v) is 5.85. The summed E-state index contributed by atoms with van der Waals surface area (Å²) in [6.07, 6.45) is 1.37. The van der Waals surface area contributed by atoms with Crippen LogP contribution in [0.3, 0.4) is 0 Å². The number of nitrogens with two attached hydrogens (primary N) is 1. The lowest BCUT2D eigenvalue weighted by Crippen LogP contribution is -2.48. The van der Waals surface area contributed by atoms with Gasteiger partial charge in [-0.2, -0.15) is 0 Å². The number of aromatic nitrogens is 1. The van der Waals surface area contributed by atoms with Crippen LogP contribution in [0, 0.1) is 12.3 Å². The number of ether oxygens (including phenoxy) is 1. The van der Waals surface area contributed by atoms with Gasteiger partial charge in [-0.1, -0.05) is 30.3 Å². The number of rotatable bonds is 5. The zero-order valence-corrected chi connectivity index (χ0v) is 15.9. The van der Waals surface area contributed by atoms with Gasteiger partial charge < -0.3 is 15.8 Å². The first kappa shape index (κ1) is 19.8. The van der Waals surface area contributed by atoms with E-state index in [1.165, 1.54) is 0 Å². The van der Waals surface area contributed by atoms with E-state index in [1.807, 2.05) is 37.3 Å². The molecule has 0 unspecified atom stereocenters. The van der Waals surface area contributed by atoms with Crippen LogP contribution in [0.15, 0.2) is 30.3 Å². The fourth-order valence-electron chi connectivity index (χ4n) is 2.93. The van der Waals surface area contributed by atoms with Gasteiger partial charge in [-0.3, -0.25) is 4.79 Å². The summed E-state index contributed by atoms with van der Waals surface area (Å²) >= 11 is 1.63. The second-order valence-corrected chi connectivity index (χ2v) is 7.26. The fraction of sp³-hybridized carbons (Fsp3) is 0.444. The quantitative estimate of drug-likeness (QED) is 0.834. The highest BCUT2D eigenvalue weighted by molar-refractivity contribution is 7.15. The number of thiazole rings is 1. The molecule has 3 rings (SSSR count). The smallest absolute Gasteiger partial charge is 0.227 e. The molecule has 0 atom stereocenters. The topological polar surface area (TPSA) is 77.2 Å². The van der Waals surface area contributed by atoms with Gasteiger partial charge in [0.25, 0.3) is 0 Å². The van der Waals surface area contributed by atoms with Crippen LogP contribution in [0.1, 0.15) is 23.4 Å². The van der Waals surface area contributed by atoms with Gasteiger partial charge >= 0.3 is 0 Å². The number of amides is 1. The lowest BCUT2D eigenvalue weighted by Gasteiger charge is -2.34. The Kier molecular flexibility index (Phi) is 6.95. The minimum Gasteiger partial charge on any atom is -0.381 e. The van der Waals surface area contributed by atoms with E-state index in [4.69, 9.17) is 10.5 Å². The lowest BCUT2D eigenvalue weighted by molar-refractivity contribution is -0.136. The molecule has 2 heterocycles. The molecule has 5 nitrogen and oxygen atoms in total. The standard InChI is InChI=1S/C18H23N3O2S.ClH/c1-13-15(24-16(21-13)14-5-3-2-4-6-14)11-20-17(22)18(12-19)7-9-23-10-8-18;/h2-6H,7-12,19H2,1H3,(H,20,22);1H. The van der Waals surface area contributed by atoms with E-state index in [0.29, 0.717) is 39.1 Å². The minimum atomic E-state index is -0.487. The van der Waals surface area contributed by atoms with Gasteiger partial charge in [0.1, 0.15) is 5.01 Å². The number of halogens is 1. The summed E-state index contributed by atoms with van der Waals surface area (Å²) < 4.78 is 5.37. The molecule has 7 heteroatoms. The summed E-state index contributed by atoms with van der Waals surface area (Å²) in [6, 6.07) is 10.1. The summed E-state index contributed by atoms with van der Waals surface area (Å²) in [5.74, 6) is 0.0300. The number of benzene rings is 1. The molecule has 1 aromatic carbocycles. The van der Waals surface area contributed by atoms with Crippen molar-refractivity contribution in [3.8, 4) is 10.6 Å². The van der Waals surface area contributed by atoms with Gasteiger partial charge in [-0.25, -0.2) is 4.98 Å². The Labute approximate surface area is 158 Å². The van der Waals surface area contributed by atoms with Crippen molar-refractivity contribution in [1.82, 2.24) is 10.3 Å². The number of nitrogens with one attached hydrogen (secondary N) is 1. The molecule has 25 heavy (non-hydrogen) atoms. The van der Waals surface area contributed by atoms with E-state index in [2.05, 4.69) is 10.3 Å². The predicted octanol–water partition coefficient (Wildman–Crippen LogP) is 2.91. The molecule has 1 aliphatic rings. The van der Waals surface area contributed by atoms with E-state index in [9.17, 15) is 4.79 Å². The van der Waals surface area contributed by atoms with Gasteiger partial charge in [0.05, 0.1) is 17.7 Å². The van der Waals surface area contributed by atoms with Gasteiger partial charge in [0.15, 0.2) is 0 Å². The molecule has 0 saturated carbocycles. The van der Waals surface area contributed by atoms with Gasteiger partial charge in [0.2, 0.25) is 5.91 Å². The first-order chi connectivity index (χ1) is 11.6. The first-order valence-electron chi connectivity index (χ1n) is 8.22. The predicted molar refractivity (Wildman–Crippen MR) is 103 cm³/mol. The monoisotopic (exact) mass is 381 g/mol. The van der Waals surface area contributed by atoms with Crippen molar-refractivity contribution in [2.45, 2.75) is 26.3 Å². The van der Waals surface area contributed by atoms with Crippen molar-refractivity contribution >= 4 is 29.7 Å². The van der Waals surface area contributed by atoms with Crippen molar-refractivity contribution < 1.29 is 9.53 Å². The largest absolute Gasteiger partial charge is 0.381 e. The molecule has 0 aliphatic carbocycles. The van der Waals surface area contributed by atoms with Crippen LogP contribution >= 0.6 is 23.7 Å². The molecule has 136 valence electrons. The van der Waals surface area contributed by atoms with E-state index in [0.717, 1.165) is 21.1 Å². The highest BCUT2D eigenvalue weighted by Gasteiger charge is 2.38. The SMILES string of the molecule is Cc1nc(-c2ccccc2)sc1CNC(=O)C1(CN)CCOCC1.Cl. The van der Waals surface area contributed by atoms with Crippen molar-refractivity contribution in [2.24, 2.45) is 11.1 Å². The second kappa shape index (κ2) is 8.76. The highest BCUT2D eigenvalue weighted by Crippen LogP contribution is 2.31. The molecule has 1 aliphatic heterocycles. The maximum Gasteiger partial charge on any atom is 0.227 e. The number of aryl methyl sites for hydroxylation is 1. The van der Waals surface area contributed by atoms with E-state index in [1.54, 1.807) is 11.3 Å². The molecule has 0 radical (unpaired) electrons. The molecular formula is C18H24ClN3O2S. The van der Waals surface area contributed by atoms with Crippen molar-refractivity contribution in [1.29, 1.82) is 0 Å². The second-order valence-electron chi connectivity index (χ2n) is 6.17. The van der Waals surface area contributed by atoms with Crippen LogP contribution in [0.5, 0.6) is 0 Å². The van der Waals surface area contributed by atoms with Gasteiger partial charge in [-0.05, 0) is 19.8 Å². The molecule has 1 aromatic heterocycles. The van der Waals surface area contributed by atoms with Crippen LogP contribution in [0.25, 0.3) is 10.6 Å². The van der Waals surface area contributed by atoms with Crippen molar-refractivity contribution in [3.05, 3.63) is 40.9 Å². The Balaban J connectivity index is 0.00000225. The Morgan fingerprint density at radius 3 is 2.64 bits per heavy atom. The summed E-state index contributed by atoms with van der Waals surface area (Å²) in [5, 5.41) is 4.05. The molecule has 1 amide bonds. The summed E-state index contributed by atoms with van der Waals surface area (Å²) in [4.78, 5) is 18.4. The van der Waals surface area contributed by atoms with Gasteiger partial charge in [0, 0.05) is 30.2 Å². The molecule has 3 N–H and O–H groups in total. The Morgan fingerprint density at radius 2 is 2.00 bits per heavy atom. The van der Waals surface area contributed by atoms with Crippen LogP contribution in [-0.2, 0) is 16.1 Å². The Hall–Kier alpha value is -1.47. The van der Waals surface area contributed by atoms with Crippen LogP contribution in [0.4, 0.5) is 0 Å². The Bertz CT molecular complexity index is 700. The van der Waals surface area contributed by atoms with E-state index in [-0.39, 0.29) is 18.3 Å². The Morgan fingerprint density at radius 1 is 1.32 bits per heavy atom. The summed E-state index contributed by atoms with van der Waals surface area (Å²) in [5.41, 5.74) is 7.47. The molecule has 2 aromatic rings. The molecule has 0 spiro atoms. The zero-order chi connectivity index (χ0) is 17.0. The van der Waals surface area contributed by atoms with Crippen LogP contribution < -0.4 is 11.1 Å². The average Bonchev–Trinajstić information content (AvgIpc) is 3.01. The minimum absolute atomic E-state index is 0. The lowest BCUT2D eigenvalue weighted by atomic mass is 9.79. The maximum absolute atomic E-state index is 12.7. The van der Waals surface area contributed by atoms with Crippen LogP contribution in [-0.4, -0.2) is 30.6 Å². The normalized spacial score (nSPS) is 16.1. The number of carbonyl (C=O) groups is 1. The summed E-state index contributed by atoms with van der Waals surface area (Å²) in [6.45, 7) is 4.04. The highest BCUT2D eigenvalue weighted by atomic mass is 35.5. The third-order valence-electron chi connectivity index (χ3n) is 4.65. The number of hydrogen-bond acceptors (Lipinski definition) is 5. The van der Waals surface area contributed by atoms with Crippen molar-refractivity contribution in [3.63, 3.8) is 0 Å². The molecule has 0 bridgehead atoms. The summed E-state index contributed by atoms with van der Waals surface area (Å²) in [7, 11) is 0. The number of nitrogens with zero attached hydrogens (tertiary/aromatic N) is 1. The van der Waals surface area contributed by atoms with Gasteiger partial charge in [-0.15, -0.1) is 23.7 Å². The van der Waals surface area contributed by atoms with E-state index >= 15 is 0 Å². The van der Waals surface area contributed by atoms with E-state index < -0.39 is 5.41 Å². The zero-order valence-electron chi connectivity index (χ0n) is 14.3. The van der Waals surface area contributed by atoms with Crippen LogP contribution in [0.2, 0.25) is 0 Å². The molecule has 1 fully saturated rings.